The minimum absolute atomic E-state index is 0.0190. The molecule has 0 saturated carbocycles. The van der Waals surface area contributed by atoms with Crippen molar-refractivity contribution >= 4 is 11.9 Å². The third-order valence-corrected chi connectivity index (χ3v) is 5.79. The average Bonchev–Trinajstić information content (AvgIpc) is 2.77. The van der Waals surface area contributed by atoms with Crippen LogP contribution in [0.3, 0.4) is 0 Å². The molecule has 1 aromatic rings. The van der Waals surface area contributed by atoms with Crippen LogP contribution < -0.4 is 0 Å². The molecule has 31 heavy (non-hydrogen) atoms. The lowest BCUT2D eigenvalue weighted by atomic mass is 9.96. The van der Waals surface area contributed by atoms with Crippen molar-refractivity contribution in [2.24, 2.45) is 5.92 Å². The van der Waals surface area contributed by atoms with E-state index in [0.29, 0.717) is 32.5 Å². The number of amides is 1. The number of carbonyl (C=O) groups excluding carboxylic acids is 2. The van der Waals surface area contributed by atoms with Crippen LogP contribution in [-0.4, -0.2) is 36.5 Å². The number of halogens is 3. The zero-order valence-corrected chi connectivity index (χ0v) is 18.4. The first-order valence-electron chi connectivity index (χ1n) is 11.5. The number of piperidine rings is 1. The Morgan fingerprint density at radius 2 is 1.61 bits per heavy atom. The maximum atomic E-state index is 12.9. The number of hydrogen-bond acceptors (Lipinski definition) is 3. The van der Waals surface area contributed by atoms with Crippen molar-refractivity contribution in [2.45, 2.75) is 77.3 Å². The van der Waals surface area contributed by atoms with Crippen LogP contribution in [-0.2, 0) is 15.7 Å². The molecule has 1 heterocycles. The normalized spacial score (nSPS) is 15.2. The second kappa shape index (κ2) is 12.7. The first-order valence-corrected chi connectivity index (χ1v) is 11.5. The molecule has 1 amide bonds. The van der Waals surface area contributed by atoms with Crippen molar-refractivity contribution in [3.63, 3.8) is 0 Å². The summed E-state index contributed by atoms with van der Waals surface area (Å²) in [5, 5.41) is 0. The number of alkyl halides is 3. The third kappa shape index (κ3) is 8.54. The number of benzene rings is 1. The zero-order chi connectivity index (χ0) is 22.7. The van der Waals surface area contributed by atoms with E-state index in [9.17, 15) is 22.8 Å². The Bertz CT molecular complexity index is 698. The molecule has 1 saturated heterocycles. The minimum atomic E-state index is -4.48. The number of esters is 1. The quantitative estimate of drug-likeness (QED) is 0.302. The van der Waals surface area contributed by atoms with Gasteiger partial charge in [0.05, 0.1) is 18.1 Å². The van der Waals surface area contributed by atoms with E-state index >= 15 is 0 Å². The van der Waals surface area contributed by atoms with E-state index < -0.39 is 17.6 Å². The fraction of sp³-hybridized carbons (Fsp3) is 0.667. The highest BCUT2D eigenvalue weighted by atomic mass is 19.4. The molecule has 0 atom stereocenters. The number of ether oxygens (including phenoxy) is 1. The molecule has 1 aliphatic heterocycles. The summed E-state index contributed by atoms with van der Waals surface area (Å²) in [5.74, 6) is -0.912. The van der Waals surface area contributed by atoms with Crippen LogP contribution in [0.1, 0.15) is 87.1 Å². The molecule has 7 heteroatoms. The predicted molar refractivity (Wildman–Crippen MR) is 114 cm³/mol. The van der Waals surface area contributed by atoms with Crippen molar-refractivity contribution in [1.29, 1.82) is 0 Å². The molecule has 1 aromatic carbocycles. The smallest absolute Gasteiger partial charge is 0.416 e. The lowest BCUT2D eigenvalue weighted by Gasteiger charge is -2.31. The van der Waals surface area contributed by atoms with Crippen molar-refractivity contribution in [1.82, 2.24) is 4.90 Å². The van der Waals surface area contributed by atoms with Crippen LogP contribution in [0.15, 0.2) is 24.3 Å². The number of unbranched alkanes of at least 4 members (excludes halogenated alkanes) is 7. The Labute approximate surface area is 183 Å². The Balaban J connectivity index is 1.66. The molecular weight excluding hydrogens is 407 g/mol. The van der Waals surface area contributed by atoms with Gasteiger partial charge in [-0.1, -0.05) is 57.9 Å². The first-order chi connectivity index (χ1) is 14.8. The number of nitrogens with zero attached hydrogens (tertiary/aromatic N) is 1. The van der Waals surface area contributed by atoms with E-state index in [1.807, 2.05) is 0 Å². The molecule has 4 nitrogen and oxygen atoms in total. The zero-order valence-electron chi connectivity index (χ0n) is 18.4. The van der Waals surface area contributed by atoms with Gasteiger partial charge in [0, 0.05) is 18.7 Å². The average molecular weight is 442 g/mol. The summed E-state index contributed by atoms with van der Waals surface area (Å²) in [5.41, 5.74) is -0.816. The highest BCUT2D eigenvalue weighted by molar-refractivity contribution is 5.94. The van der Waals surface area contributed by atoms with Crippen molar-refractivity contribution in [3.05, 3.63) is 35.4 Å². The Kier molecular flexibility index (Phi) is 10.3. The molecule has 0 N–H and O–H groups in total. The molecule has 174 valence electrons. The van der Waals surface area contributed by atoms with Gasteiger partial charge in [-0.05, 0) is 37.5 Å². The number of hydrogen-bond donors (Lipinski definition) is 0. The topological polar surface area (TPSA) is 46.6 Å². The van der Waals surface area contributed by atoms with Gasteiger partial charge in [-0.15, -0.1) is 0 Å². The van der Waals surface area contributed by atoms with Crippen LogP contribution in [0, 0.1) is 5.92 Å². The fourth-order valence-electron chi connectivity index (χ4n) is 3.86. The predicted octanol–water partition coefficient (Wildman–Crippen LogP) is 6.24. The molecule has 0 spiro atoms. The highest BCUT2D eigenvalue weighted by Crippen LogP contribution is 2.30. The molecule has 1 aliphatic rings. The summed E-state index contributed by atoms with van der Waals surface area (Å²) in [6, 6.07) is 4.46. The second-order valence-electron chi connectivity index (χ2n) is 8.29. The van der Waals surface area contributed by atoms with E-state index in [4.69, 9.17) is 4.74 Å². The van der Waals surface area contributed by atoms with Crippen LogP contribution in [0.25, 0.3) is 0 Å². The molecule has 0 aromatic heterocycles. The van der Waals surface area contributed by atoms with Crippen molar-refractivity contribution in [2.75, 3.05) is 19.7 Å². The van der Waals surface area contributed by atoms with Crippen LogP contribution in [0.5, 0.6) is 0 Å². The molecule has 0 aliphatic carbocycles. The fourth-order valence-corrected chi connectivity index (χ4v) is 3.86. The Morgan fingerprint density at radius 3 is 2.23 bits per heavy atom. The summed E-state index contributed by atoms with van der Waals surface area (Å²) in [6.07, 6.45) is 5.88. The maximum Gasteiger partial charge on any atom is 0.416 e. The van der Waals surface area contributed by atoms with Crippen molar-refractivity contribution in [3.8, 4) is 0 Å². The van der Waals surface area contributed by atoms with Gasteiger partial charge in [-0.25, -0.2) is 0 Å². The van der Waals surface area contributed by atoms with E-state index in [-0.39, 0.29) is 17.5 Å². The Morgan fingerprint density at radius 1 is 1.00 bits per heavy atom. The van der Waals surface area contributed by atoms with E-state index in [2.05, 4.69) is 6.92 Å². The Hall–Kier alpha value is -2.05. The van der Waals surface area contributed by atoms with Gasteiger partial charge in [0.2, 0.25) is 0 Å². The maximum absolute atomic E-state index is 12.9. The third-order valence-electron chi connectivity index (χ3n) is 5.79. The molecule has 2 rings (SSSR count). The van der Waals surface area contributed by atoms with Crippen LogP contribution in [0.4, 0.5) is 13.2 Å². The van der Waals surface area contributed by atoms with E-state index in [0.717, 1.165) is 31.4 Å². The molecule has 0 unspecified atom stereocenters. The summed E-state index contributed by atoms with van der Waals surface area (Å²) < 4.78 is 44.0. The SMILES string of the molecule is CCCCCCCCCCOC(=O)C1CCN(C(=O)c2cccc(C(F)(F)F)c2)CC1. The highest BCUT2D eigenvalue weighted by Gasteiger charge is 2.32. The van der Waals surface area contributed by atoms with Crippen LogP contribution in [0.2, 0.25) is 0 Å². The summed E-state index contributed by atoms with van der Waals surface area (Å²) >= 11 is 0. The lowest BCUT2D eigenvalue weighted by molar-refractivity contribution is -0.150. The number of carbonyl (C=O) groups is 2. The standard InChI is InChI=1S/C24H34F3NO3/c1-2-3-4-5-6-7-8-9-17-31-23(30)19-13-15-28(16-14-19)22(29)20-11-10-12-21(18-20)24(25,26)27/h10-12,18-19H,2-9,13-17H2,1H3. The first kappa shape index (κ1) is 25.2. The van der Waals surface area contributed by atoms with Crippen molar-refractivity contribution < 1.29 is 27.5 Å². The summed E-state index contributed by atoms with van der Waals surface area (Å²) in [4.78, 5) is 26.3. The molecule has 1 fully saturated rings. The van der Waals surface area contributed by atoms with Gasteiger partial charge in [-0.2, -0.15) is 13.2 Å². The monoisotopic (exact) mass is 441 g/mol. The largest absolute Gasteiger partial charge is 0.465 e. The lowest BCUT2D eigenvalue weighted by Crippen LogP contribution is -2.40. The minimum Gasteiger partial charge on any atom is -0.465 e. The molecule has 0 bridgehead atoms. The molecule has 0 radical (unpaired) electrons. The van der Waals surface area contributed by atoms with Gasteiger partial charge in [0.1, 0.15) is 0 Å². The van der Waals surface area contributed by atoms with Gasteiger partial charge >= 0.3 is 12.1 Å². The number of rotatable bonds is 11. The van der Waals surface area contributed by atoms with Gasteiger partial charge in [0.15, 0.2) is 0 Å². The summed E-state index contributed by atoms with van der Waals surface area (Å²) in [6.45, 7) is 3.31. The summed E-state index contributed by atoms with van der Waals surface area (Å²) in [7, 11) is 0. The second-order valence-corrected chi connectivity index (χ2v) is 8.29. The van der Waals surface area contributed by atoms with Crippen LogP contribution >= 0.6 is 0 Å². The molecular formula is C24H34F3NO3. The number of likely N-dealkylation sites (tertiary alicyclic amines) is 1. The van der Waals surface area contributed by atoms with Gasteiger partial charge in [0.25, 0.3) is 5.91 Å². The van der Waals surface area contributed by atoms with Gasteiger partial charge in [-0.3, -0.25) is 9.59 Å². The van der Waals surface area contributed by atoms with Gasteiger partial charge < -0.3 is 9.64 Å². The van der Waals surface area contributed by atoms with E-state index in [1.165, 1.54) is 49.1 Å². The van der Waals surface area contributed by atoms with E-state index in [1.54, 1.807) is 0 Å².